The molecular weight excluding hydrogens is 257 g/mol. The maximum absolute atomic E-state index is 13.8. The zero-order valence-corrected chi connectivity index (χ0v) is 11.0. The molecule has 1 atom stereocenters. The standard InChI is InChI=1S/C16H16FNO2/c17-15(14-9-5-2-6-10-14)11-18-16(19)20-12-13-7-3-1-4-8-13/h1-10,15H,11-12H2,(H,18,19). The molecule has 1 N–H and O–H groups in total. The molecule has 0 saturated heterocycles. The fourth-order valence-electron chi connectivity index (χ4n) is 1.73. The molecule has 0 saturated carbocycles. The summed E-state index contributed by atoms with van der Waals surface area (Å²) >= 11 is 0. The number of hydrogen-bond acceptors (Lipinski definition) is 2. The van der Waals surface area contributed by atoms with E-state index in [1.807, 2.05) is 36.4 Å². The Kier molecular flexibility index (Phi) is 5.12. The number of carbonyl (C=O) groups excluding carboxylic acids is 1. The number of nitrogens with one attached hydrogen (secondary N) is 1. The van der Waals surface area contributed by atoms with Crippen LogP contribution in [0.25, 0.3) is 0 Å². The Morgan fingerprint density at radius 1 is 1.05 bits per heavy atom. The molecular formula is C16H16FNO2. The van der Waals surface area contributed by atoms with Crippen molar-refractivity contribution in [2.24, 2.45) is 0 Å². The topological polar surface area (TPSA) is 38.3 Å². The van der Waals surface area contributed by atoms with Crippen molar-refractivity contribution in [2.45, 2.75) is 12.8 Å². The Morgan fingerprint density at radius 3 is 2.30 bits per heavy atom. The largest absolute Gasteiger partial charge is 0.445 e. The van der Waals surface area contributed by atoms with Gasteiger partial charge in [-0.1, -0.05) is 60.7 Å². The molecule has 0 aliphatic heterocycles. The Morgan fingerprint density at radius 2 is 1.65 bits per heavy atom. The second-order valence-electron chi connectivity index (χ2n) is 4.32. The molecule has 1 unspecified atom stereocenters. The molecule has 3 nitrogen and oxygen atoms in total. The highest BCUT2D eigenvalue weighted by Gasteiger charge is 2.11. The quantitative estimate of drug-likeness (QED) is 0.903. The van der Waals surface area contributed by atoms with Crippen molar-refractivity contribution in [3.05, 3.63) is 71.8 Å². The van der Waals surface area contributed by atoms with Gasteiger partial charge in [0.1, 0.15) is 12.8 Å². The molecule has 104 valence electrons. The molecule has 0 radical (unpaired) electrons. The summed E-state index contributed by atoms with van der Waals surface area (Å²) < 4.78 is 18.8. The van der Waals surface area contributed by atoms with Crippen LogP contribution in [-0.2, 0) is 11.3 Å². The summed E-state index contributed by atoms with van der Waals surface area (Å²) in [4.78, 5) is 11.5. The monoisotopic (exact) mass is 273 g/mol. The van der Waals surface area contributed by atoms with Gasteiger partial charge in [-0.2, -0.15) is 0 Å². The molecule has 0 spiro atoms. The van der Waals surface area contributed by atoms with Crippen molar-refractivity contribution in [2.75, 3.05) is 6.54 Å². The zero-order chi connectivity index (χ0) is 14.2. The highest BCUT2D eigenvalue weighted by atomic mass is 19.1. The lowest BCUT2D eigenvalue weighted by molar-refractivity contribution is 0.136. The van der Waals surface area contributed by atoms with Gasteiger partial charge in [-0.25, -0.2) is 9.18 Å². The average molecular weight is 273 g/mol. The maximum atomic E-state index is 13.8. The average Bonchev–Trinajstić information content (AvgIpc) is 2.52. The Labute approximate surface area is 117 Å². The van der Waals surface area contributed by atoms with Gasteiger partial charge < -0.3 is 10.1 Å². The molecule has 0 fully saturated rings. The lowest BCUT2D eigenvalue weighted by Gasteiger charge is -2.10. The van der Waals surface area contributed by atoms with Gasteiger partial charge >= 0.3 is 6.09 Å². The minimum atomic E-state index is -1.24. The first-order chi connectivity index (χ1) is 9.75. The number of alkyl halides is 1. The second-order valence-corrected chi connectivity index (χ2v) is 4.32. The first-order valence-corrected chi connectivity index (χ1v) is 6.39. The summed E-state index contributed by atoms with van der Waals surface area (Å²) in [5, 5.41) is 2.41. The lowest BCUT2D eigenvalue weighted by atomic mass is 10.1. The van der Waals surface area contributed by atoms with Gasteiger partial charge in [-0.3, -0.25) is 0 Å². The molecule has 4 heteroatoms. The number of ether oxygens (including phenoxy) is 1. The van der Waals surface area contributed by atoms with Crippen molar-refractivity contribution in [1.29, 1.82) is 0 Å². The zero-order valence-electron chi connectivity index (χ0n) is 11.0. The number of alkyl carbamates (subject to hydrolysis) is 1. The van der Waals surface area contributed by atoms with E-state index in [4.69, 9.17) is 4.74 Å². The van der Waals surface area contributed by atoms with Crippen LogP contribution in [0.3, 0.4) is 0 Å². The van der Waals surface area contributed by atoms with E-state index in [0.717, 1.165) is 5.56 Å². The number of carbonyl (C=O) groups is 1. The van der Waals surface area contributed by atoms with E-state index in [-0.39, 0.29) is 13.2 Å². The third-order valence-electron chi connectivity index (χ3n) is 2.80. The Balaban J connectivity index is 1.73. The molecule has 2 aromatic carbocycles. The predicted molar refractivity (Wildman–Crippen MR) is 74.9 cm³/mol. The first kappa shape index (κ1) is 14.1. The smallest absolute Gasteiger partial charge is 0.407 e. The third-order valence-corrected chi connectivity index (χ3v) is 2.80. The minimum absolute atomic E-state index is 0.0996. The lowest BCUT2D eigenvalue weighted by Crippen LogP contribution is -2.27. The van der Waals surface area contributed by atoms with Crippen molar-refractivity contribution in [3.63, 3.8) is 0 Å². The summed E-state index contributed by atoms with van der Waals surface area (Å²) in [6.07, 6.45) is -1.85. The molecule has 0 aromatic heterocycles. The van der Waals surface area contributed by atoms with E-state index in [0.29, 0.717) is 5.56 Å². The second kappa shape index (κ2) is 7.28. The number of amides is 1. The number of rotatable bonds is 5. The van der Waals surface area contributed by atoms with Crippen molar-refractivity contribution in [3.8, 4) is 0 Å². The van der Waals surface area contributed by atoms with E-state index in [1.165, 1.54) is 0 Å². The molecule has 0 aliphatic carbocycles. The van der Waals surface area contributed by atoms with Crippen LogP contribution in [-0.4, -0.2) is 12.6 Å². The highest BCUT2D eigenvalue weighted by molar-refractivity contribution is 5.67. The van der Waals surface area contributed by atoms with Crippen molar-refractivity contribution in [1.82, 2.24) is 5.32 Å². The van der Waals surface area contributed by atoms with Gasteiger partial charge in [0, 0.05) is 0 Å². The van der Waals surface area contributed by atoms with E-state index < -0.39 is 12.3 Å². The molecule has 20 heavy (non-hydrogen) atoms. The van der Waals surface area contributed by atoms with Gasteiger partial charge in [0.2, 0.25) is 0 Å². The molecule has 0 heterocycles. The molecule has 2 rings (SSSR count). The van der Waals surface area contributed by atoms with Crippen LogP contribution >= 0.6 is 0 Å². The fraction of sp³-hybridized carbons (Fsp3) is 0.188. The summed E-state index contributed by atoms with van der Waals surface area (Å²) in [6.45, 7) is 0.0760. The van der Waals surface area contributed by atoms with Crippen LogP contribution in [0.2, 0.25) is 0 Å². The first-order valence-electron chi connectivity index (χ1n) is 6.39. The molecule has 1 amide bonds. The number of benzene rings is 2. The summed E-state index contributed by atoms with van der Waals surface area (Å²) in [5.74, 6) is 0. The highest BCUT2D eigenvalue weighted by Crippen LogP contribution is 2.15. The normalized spacial score (nSPS) is 11.7. The van der Waals surface area contributed by atoms with Crippen molar-refractivity contribution < 1.29 is 13.9 Å². The van der Waals surface area contributed by atoms with E-state index >= 15 is 0 Å². The molecule has 2 aromatic rings. The van der Waals surface area contributed by atoms with E-state index in [9.17, 15) is 9.18 Å². The fourth-order valence-corrected chi connectivity index (χ4v) is 1.73. The van der Waals surface area contributed by atoms with Crippen LogP contribution < -0.4 is 5.32 Å². The predicted octanol–water partition coefficient (Wildman–Crippen LogP) is 3.62. The van der Waals surface area contributed by atoms with E-state index in [2.05, 4.69) is 5.32 Å². The van der Waals surface area contributed by atoms with Gasteiger partial charge in [0.25, 0.3) is 0 Å². The SMILES string of the molecule is O=C(NCC(F)c1ccccc1)OCc1ccccc1. The molecule has 0 aliphatic rings. The minimum Gasteiger partial charge on any atom is -0.445 e. The van der Waals surface area contributed by atoms with Gasteiger partial charge in [0.05, 0.1) is 6.54 Å². The van der Waals surface area contributed by atoms with Crippen LogP contribution in [0, 0.1) is 0 Å². The Hall–Kier alpha value is -2.36. The van der Waals surface area contributed by atoms with Crippen LogP contribution in [0.5, 0.6) is 0 Å². The van der Waals surface area contributed by atoms with E-state index in [1.54, 1.807) is 24.3 Å². The van der Waals surface area contributed by atoms with Crippen LogP contribution in [0.15, 0.2) is 60.7 Å². The number of halogens is 1. The van der Waals surface area contributed by atoms with Gasteiger partial charge in [-0.15, -0.1) is 0 Å². The molecule has 0 bridgehead atoms. The third kappa shape index (κ3) is 4.39. The van der Waals surface area contributed by atoms with Crippen LogP contribution in [0.1, 0.15) is 17.3 Å². The van der Waals surface area contributed by atoms with Crippen LogP contribution in [0.4, 0.5) is 9.18 Å². The van der Waals surface area contributed by atoms with Gasteiger partial charge in [-0.05, 0) is 11.1 Å². The van der Waals surface area contributed by atoms with Crippen molar-refractivity contribution >= 4 is 6.09 Å². The number of hydrogen-bond donors (Lipinski definition) is 1. The Bertz CT molecular complexity index is 531. The summed E-state index contributed by atoms with van der Waals surface area (Å²) in [5.41, 5.74) is 1.43. The van der Waals surface area contributed by atoms with Gasteiger partial charge in [0.15, 0.2) is 0 Å². The summed E-state index contributed by atoms with van der Waals surface area (Å²) in [6, 6.07) is 18.0. The maximum Gasteiger partial charge on any atom is 0.407 e. The summed E-state index contributed by atoms with van der Waals surface area (Å²) in [7, 11) is 0.